The zero-order valence-electron chi connectivity index (χ0n) is 16.2. The molecule has 9 heteroatoms. The summed E-state index contributed by atoms with van der Waals surface area (Å²) in [7, 11) is -3.78. The first-order valence-electron chi connectivity index (χ1n) is 9.46. The highest BCUT2D eigenvalue weighted by Crippen LogP contribution is 2.31. The normalized spacial score (nSPS) is 17.5. The monoisotopic (exact) mass is 435 g/mol. The molecule has 1 saturated heterocycles. The van der Waals surface area contributed by atoms with E-state index in [1.165, 1.54) is 24.5 Å². The van der Waals surface area contributed by atoms with Gasteiger partial charge in [0.2, 0.25) is 0 Å². The van der Waals surface area contributed by atoms with E-state index < -0.39 is 27.5 Å². The van der Waals surface area contributed by atoms with Crippen LogP contribution in [0.2, 0.25) is 0 Å². The van der Waals surface area contributed by atoms with Gasteiger partial charge in [-0.25, -0.2) is 13.2 Å². The van der Waals surface area contributed by atoms with E-state index in [4.69, 9.17) is 0 Å². The van der Waals surface area contributed by atoms with Crippen LogP contribution in [0.3, 0.4) is 0 Å². The van der Waals surface area contributed by atoms with Crippen molar-refractivity contribution < 1.29 is 21.6 Å². The molecule has 30 heavy (non-hydrogen) atoms. The van der Waals surface area contributed by atoms with Crippen LogP contribution in [0.1, 0.15) is 29.0 Å². The summed E-state index contributed by atoms with van der Waals surface area (Å²) in [5.74, 6) is -3.34. The van der Waals surface area contributed by atoms with Gasteiger partial charge in [-0.15, -0.1) is 0 Å². The van der Waals surface area contributed by atoms with E-state index in [-0.39, 0.29) is 16.4 Å². The first-order chi connectivity index (χ1) is 14.2. The molecule has 158 valence electrons. The van der Waals surface area contributed by atoms with Gasteiger partial charge in [-0.1, -0.05) is 17.7 Å². The Kier molecular flexibility index (Phi) is 5.42. The van der Waals surface area contributed by atoms with Crippen molar-refractivity contribution in [2.45, 2.75) is 30.7 Å². The summed E-state index contributed by atoms with van der Waals surface area (Å²) in [4.78, 5) is 2.12. The molecular formula is C21H20F3N3O2S. The fourth-order valence-electron chi connectivity index (χ4n) is 3.73. The maximum absolute atomic E-state index is 14.1. The highest BCUT2D eigenvalue weighted by atomic mass is 32.2. The molecule has 1 atom stereocenters. The lowest BCUT2D eigenvalue weighted by Gasteiger charge is -2.15. The van der Waals surface area contributed by atoms with Crippen molar-refractivity contribution >= 4 is 10.0 Å². The third-order valence-electron chi connectivity index (χ3n) is 5.32. The van der Waals surface area contributed by atoms with Crippen LogP contribution in [0.15, 0.2) is 53.7 Å². The van der Waals surface area contributed by atoms with Gasteiger partial charge in [0.1, 0.15) is 5.82 Å². The number of aryl methyl sites for hydroxylation is 1. The molecular weight excluding hydrogens is 415 g/mol. The maximum Gasteiger partial charge on any atom is 0.282 e. The number of rotatable bonds is 5. The highest BCUT2D eigenvalue weighted by Gasteiger charge is 2.28. The van der Waals surface area contributed by atoms with Crippen LogP contribution in [0.25, 0.3) is 0 Å². The zero-order chi connectivity index (χ0) is 21.5. The molecule has 1 aromatic heterocycles. The van der Waals surface area contributed by atoms with Crippen molar-refractivity contribution in [3.63, 3.8) is 0 Å². The van der Waals surface area contributed by atoms with E-state index in [1.54, 1.807) is 12.1 Å². The van der Waals surface area contributed by atoms with Crippen molar-refractivity contribution in [3.8, 4) is 0 Å². The van der Waals surface area contributed by atoms with Gasteiger partial charge >= 0.3 is 0 Å². The number of hydrogen-bond donors (Lipinski definition) is 0. The highest BCUT2D eigenvalue weighted by molar-refractivity contribution is 7.89. The minimum atomic E-state index is -3.78. The van der Waals surface area contributed by atoms with Crippen LogP contribution in [-0.2, 0) is 16.6 Å². The summed E-state index contributed by atoms with van der Waals surface area (Å²) in [5.41, 5.74) is 1.66. The van der Waals surface area contributed by atoms with Gasteiger partial charge in [0.15, 0.2) is 11.6 Å². The largest absolute Gasteiger partial charge is 0.298 e. The molecule has 2 heterocycles. The van der Waals surface area contributed by atoms with Crippen molar-refractivity contribution in [1.82, 2.24) is 14.1 Å². The van der Waals surface area contributed by atoms with Gasteiger partial charge in [0.25, 0.3) is 10.0 Å². The summed E-state index contributed by atoms with van der Waals surface area (Å²) >= 11 is 0. The number of likely N-dealkylation sites (tertiary alicyclic amines) is 1. The topological polar surface area (TPSA) is 55.2 Å². The predicted octanol–water partition coefficient (Wildman–Crippen LogP) is 3.84. The summed E-state index contributed by atoms with van der Waals surface area (Å²) < 4.78 is 67.4. The van der Waals surface area contributed by atoms with Crippen LogP contribution in [-0.4, -0.2) is 35.6 Å². The van der Waals surface area contributed by atoms with Gasteiger partial charge < -0.3 is 0 Å². The Morgan fingerprint density at radius 3 is 2.60 bits per heavy atom. The first-order valence-corrected chi connectivity index (χ1v) is 10.9. The third kappa shape index (κ3) is 3.99. The zero-order valence-corrected chi connectivity index (χ0v) is 17.0. The Morgan fingerprint density at radius 1 is 1.13 bits per heavy atom. The van der Waals surface area contributed by atoms with Crippen LogP contribution in [0.4, 0.5) is 13.2 Å². The molecule has 2 aromatic carbocycles. The lowest BCUT2D eigenvalue weighted by Crippen LogP contribution is -2.20. The van der Waals surface area contributed by atoms with E-state index in [0.29, 0.717) is 37.7 Å². The van der Waals surface area contributed by atoms with Gasteiger partial charge in [-0.2, -0.15) is 17.6 Å². The van der Waals surface area contributed by atoms with Gasteiger partial charge in [0, 0.05) is 36.8 Å². The molecule has 0 spiro atoms. The summed E-state index contributed by atoms with van der Waals surface area (Å²) in [6.45, 7) is 3.28. The molecule has 1 aliphatic rings. The predicted molar refractivity (Wildman–Crippen MR) is 105 cm³/mol. The molecule has 0 saturated carbocycles. The number of halogens is 3. The van der Waals surface area contributed by atoms with Crippen molar-refractivity contribution in [2.75, 3.05) is 13.1 Å². The molecule has 1 unspecified atom stereocenters. The van der Waals surface area contributed by atoms with E-state index in [0.717, 1.165) is 15.7 Å². The molecule has 0 aliphatic carbocycles. The van der Waals surface area contributed by atoms with Gasteiger partial charge in [-0.3, -0.25) is 4.90 Å². The van der Waals surface area contributed by atoms with Crippen molar-refractivity contribution in [1.29, 1.82) is 0 Å². The Bertz CT molecular complexity index is 1180. The number of aromatic nitrogens is 2. The Morgan fingerprint density at radius 2 is 1.87 bits per heavy atom. The number of nitrogens with zero attached hydrogens (tertiary/aromatic N) is 3. The lowest BCUT2D eigenvalue weighted by atomic mass is 9.97. The molecule has 1 aliphatic heterocycles. The van der Waals surface area contributed by atoms with Crippen molar-refractivity contribution in [2.24, 2.45) is 0 Å². The standard InChI is InChI=1S/C21H20F3N3O2S/c1-14-2-4-18(5-3-14)30(28,29)27-12-15(10-25-27)11-26-7-6-16(13-26)19-8-17(22)9-20(23)21(19)24/h2-5,8-10,12,16H,6-7,11,13H2,1H3. The van der Waals surface area contributed by atoms with E-state index in [1.807, 2.05) is 11.8 Å². The van der Waals surface area contributed by atoms with Crippen LogP contribution >= 0.6 is 0 Å². The average Bonchev–Trinajstić information content (AvgIpc) is 3.35. The van der Waals surface area contributed by atoms with Crippen LogP contribution in [0, 0.1) is 24.4 Å². The third-order valence-corrected chi connectivity index (χ3v) is 6.88. The molecule has 0 bridgehead atoms. The molecule has 3 aromatic rings. The second-order valence-corrected chi connectivity index (χ2v) is 9.35. The van der Waals surface area contributed by atoms with Gasteiger partial charge in [-0.05, 0) is 43.7 Å². The minimum absolute atomic E-state index is 0.0349. The summed E-state index contributed by atoms with van der Waals surface area (Å²) in [6, 6.07) is 8.08. The van der Waals surface area contributed by atoms with E-state index >= 15 is 0 Å². The molecule has 0 N–H and O–H groups in total. The minimum Gasteiger partial charge on any atom is -0.298 e. The maximum atomic E-state index is 14.1. The van der Waals surface area contributed by atoms with Crippen LogP contribution < -0.4 is 0 Å². The molecule has 1 fully saturated rings. The molecule has 5 nitrogen and oxygen atoms in total. The van der Waals surface area contributed by atoms with Gasteiger partial charge in [0.05, 0.1) is 11.1 Å². The fraction of sp³-hybridized carbons (Fsp3) is 0.286. The quantitative estimate of drug-likeness (QED) is 0.572. The average molecular weight is 435 g/mol. The second-order valence-electron chi connectivity index (χ2n) is 7.55. The summed E-state index contributed by atoms with van der Waals surface area (Å²) in [5, 5.41) is 3.99. The summed E-state index contributed by atoms with van der Waals surface area (Å²) in [6.07, 6.45) is 3.47. The Balaban J connectivity index is 1.47. The Labute approximate surface area is 172 Å². The van der Waals surface area contributed by atoms with Crippen molar-refractivity contribution in [3.05, 3.63) is 82.9 Å². The van der Waals surface area contributed by atoms with E-state index in [9.17, 15) is 21.6 Å². The Hall–Kier alpha value is -2.65. The molecule has 4 rings (SSSR count). The number of hydrogen-bond acceptors (Lipinski definition) is 4. The SMILES string of the molecule is Cc1ccc(S(=O)(=O)n2cc(CN3CCC(c4cc(F)cc(F)c4F)C3)cn2)cc1. The number of benzene rings is 2. The molecule has 0 amide bonds. The van der Waals surface area contributed by atoms with Crippen LogP contribution in [0.5, 0.6) is 0 Å². The fourth-order valence-corrected chi connectivity index (χ4v) is 4.87. The first kappa shape index (κ1) is 20.6. The second kappa shape index (κ2) is 7.88. The molecule has 0 radical (unpaired) electrons. The van der Waals surface area contributed by atoms with E-state index in [2.05, 4.69) is 5.10 Å². The lowest BCUT2D eigenvalue weighted by molar-refractivity contribution is 0.325. The smallest absolute Gasteiger partial charge is 0.282 e.